The molecule has 1 fully saturated rings. The fraction of sp³-hybridized carbons (Fsp3) is 0.467. The zero-order valence-corrected chi connectivity index (χ0v) is 12.2. The predicted octanol–water partition coefficient (Wildman–Crippen LogP) is 0.304. The molecule has 1 aliphatic rings. The van der Waals surface area contributed by atoms with E-state index in [-0.39, 0.29) is 18.9 Å². The summed E-state index contributed by atoms with van der Waals surface area (Å²) in [5.74, 6) is -0.894. The van der Waals surface area contributed by atoms with Gasteiger partial charge in [0.2, 0.25) is 0 Å². The van der Waals surface area contributed by atoms with Gasteiger partial charge in [-0.2, -0.15) is 0 Å². The van der Waals surface area contributed by atoms with E-state index >= 15 is 0 Å². The van der Waals surface area contributed by atoms with Crippen LogP contribution in [-0.2, 0) is 25.6 Å². The van der Waals surface area contributed by atoms with E-state index in [1.165, 1.54) is 14.2 Å². The molecule has 0 spiro atoms. The van der Waals surface area contributed by atoms with E-state index < -0.39 is 17.6 Å². The van der Waals surface area contributed by atoms with Crippen LogP contribution in [0.15, 0.2) is 30.3 Å². The Balaban J connectivity index is 2.20. The number of carbonyl (C=O) groups is 2. The quantitative estimate of drug-likeness (QED) is 0.804. The monoisotopic (exact) mass is 292 g/mol. The van der Waals surface area contributed by atoms with Gasteiger partial charge in [0.1, 0.15) is 11.6 Å². The summed E-state index contributed by atoms with van der Waals surface area (Å²) in [4.78, 5) is 25.7. The molecule has 1 aromatic rings. The fourth-order valence-electron chi connectivity index (χ4n) is 2.71. The van der Waals surface area contributed by atoms with E-state index in [2.05, 4.69) is 0 Å². The molecule has 1 aromatic carbocycles. The zero-order valence-electron chi connectivity index (χ0n) is 12.2. The predicted molar refractivity (Wildman–Crippen MR) is 76.2 cm³/mol. The van der Waals surface area contributed by atoms with Crippen LogP contribution in [0.4, 0.5) is 0 Å². The second-order valence-corrected chi connectivity index (χ2v) is 5.28. The number of benzene rings is 1. The van der Waals surface area contributed by atoms with E-state index in [0.29, 0.717) is 6.54 Å². The highest BCUT2D eigenvalue weighted by Gasteiger charge is 2.50. The highest BCUT2D eigenvalue weighted by atomic mass is 16.5. The SMILES string of the molecule is COC(=O)C1CC(N)(C(=O)OC)CN1Cc1ccccc1. The van der Waals surface area contributed by atoms with Gasteiger partial charge in [0.15, 0.2) is 0 Å². The van der Waals surface area contributed by atoms with Gasteiger partial charge in [0, 0.05) is 19.5 Å². The van der Waals surface area contributed by atoms with E-state index in [1.807, 2.05) is 35.2 Å². The first-order chi connectivity index (χ1) is 10.00. The van der Waals surface area contributed by atoms with Gasteiger partial charge in [0.25, 0.3) is 0 Å². The van der Waals surface area contributed by atoms with Gasteiger partial charge in [-0.1, -0.05) is 30.3 Å². The highest BCUT2D eigenvalue weighted by Crippen LogP contribution is 2.28. The molecular weight excluding hydrogens is 272 g/mol. The third-order valence-electron chi connectivity index (χ3n) is 3.78. The Morgan fingerprint density at radius 1 is 1.29 bits per heavy atom. The number of nitrogens with two attached hydrogens (primary N) is 1. The molecule has 0 bridgehead atoms. The summed E-state index contributed by atoms with van der Waals surface area (Å²) in [7, 11) is 2.63. The summed E-state index contributed by atoms with van der Waals surface area (Å²) < 4.78 is 9.58. The minimum Gasteiger partial charge on any atom is -0.468 e. The minimum atomic E-state index is -1.18. The number of ether oxygens (including phenoxy) is 2. The number of esters is 2. The van der Waals surface area contributed by atoms with Gasteiger partial charge in [-0.25, -0.2) is 0 Å². The Bertz CT molecular complexity index is 520. The summed E-state index contributed by atoms with van der Waals surface area (Å²) in [5, 5.41) is 0. The van der Waals surface area contributed by atoms with Gasteiger partial charge < -0.3 is 15.2 Å². The molecule has 0 saturated carbocycles. The van der Waals surface area contributed by atoms with Crippen molar-refractivity contribution in [2.24, 2.45) is 5.73 Å². The average Bonchev–Trinajstić information content (AvgIpc) is 2.84. The molecule has 2 rings (SSSR count). The smallest absolute Gasteiger partial charge is 0.327 e. The van der Waals surface area contributed by atoms with Crippen molar-refractivity contribution in [3.05, 3.63) is 35.9 Å². The van der Waals surface area contributed by atoms with Crippen molar-refractivity contribution >= 4 is 11.9 Å². The second kappa shape index (κ2) is 6.24. The summed E-state index contributed by atoms with van der Waals surface area (Å²) in [6.45, 7) is 0.783. The van der Waals surface area contributed by atoms with Crippen molar-refractivity contribution in [2.45, 2.75) is 24.5 Å². The minimum absolute atomic E-state index is 0.194. The van der Waals surface area contributed by atoms with Crippen LogP contribution >= 0.6 is 0 Å². The van der Waals surface area contributed by atoms with E-state index in [0.717, 1.165) is 5.56 Å². The molecule has 0 radical (unpaired) electrons. The molecule has 0 aliphatic carbocycles. The first-order valence-electron chi connectivity index (χ1n) is 6.73. The van der Waals surface area contributed by atoms with Gasteiger partial charge >= 0.3 is 11.9 Å². The second-order valence-electron chi connectivity index (χ2n) is 5.28. The number of likely N-dealkylation sites (tertiary alicyclic amines) is 1. The number of hydrogen-bond acceptors (Lipinski definition) is 6. The zero-order chi connectivity index (χ0) is 15.5. The maximum Gasteiger partial charge on any atom is 0.327 e. The Morgan fingerprint density at radius 3 is 2.52 bits per heavy atom. The normalized spacial score (nSPS) is 25.6. The van der Waals surface area contributed by atoms with Crippen molar-refractivity contribution in [1.82, 2.24) is 4.90 Å². The van der Waals surface area contributed by atoms with Gasteiger partial charge in [-0.3, -0.25) is 14.5 Å². The van der Waals surface area contributed by atoms with Gasteiger partial charge in [-0.15, -0.1) is 0 Å². The molecule has 6 nitrogen and oxygen atoms in total. The third-order valence-corrected chi connectivity index (χ3v) is 3.78. The molecule has 6 heteroatoms. The van der Waals surface area contributed by atoms with Crippen molar-refractivity contribution in [3.63, 3.8) is 0 Å². The number of rotatable bonds is 4. The van der Waals surface area contributed by atoms with E-state index in [4.69, 9.17) is 15.2 Å². The maximum absolute atomic E-state index is 11.9. The lowest BCUT2D eigenvalue weighted by Gasteiger charge is -2.23. The van der Waals surface area contributed by atoms with Crippen molar-refractivity contribution < 1.29 is 19.1 Å². The molecular formula is C15H20N2O4. The van der Waals surface area contributed by atoms with Crippen LogP contribution < -0.4 is 5.73 Å². The van der Waals surface area contributed by atoms with Crippen LogP contribution in [0.2, 0.25) is 0 Å². The van der Waals surface area contributed by atoms with Crippen LogP contribution in [0.25, 0.3) is 0 Å². The standard InChI is InChI=1S/C15H20N2O4/c1-20-13(18)12-8-15(16,14(19)21-2)10-17(12)9-11-6-4-3-5-7-11/h3-7,12H,8-10,16H2,1-2H3. The Morgan fingerprint density at radius 2 is 1.95 bits per heavy atom. The maximum atomic E-state index is 11.9. The first kappa shape index (κ1) is 15.5. The van der Waals surface area contributed by atoms with Gasteiger partial charge in [-0.05, 0) is 5.56 Å². The lowest BCUT2D eigenvalue weighted by molar-refractivity contribution is -0.146. The van der Waals surface area contributed by atoms with Crippen LogP contribution in [0.1, 0.15) is 12.0 Å². The number of hydrogen-bond donors (Lipinski definition) is 1. The topological polar surface area (TPSA) is 81.9 Å². The van der Waals surface area contributed by atoms with Gasteiger partial charge in [0.05, 0.1) is 14.2 Å². The molecule has 0 amide bonds. The van der Waals surface area contributed by atoms with Crippen LogP contribution in [0.5, 0.6) is 0 Å². The molecule has 2 atom stereocenters. The molecule has 1 saturated heterocycles. The number of methoxy groups -OCH3 is 2. The lowest BCUT2D eigenvalue weighted by Crippen LogP contribution is -2.50. The third kappa shape index (κ3) is 3.22. The summed E-state index contributed by atoms with van der Waals surface area (Å²) >= 11 is 0. The Kier molecular flexibility index (Phi) is 4.59. The first-order valence-corrected chi connectivity index (χ1v) is 6.73. The molecule has 1 aliphatic heterocycles. The average molecular weight is 292 g/mol. The highest BCUT2D eigenvalue weighted by molar-refractivity contribution is 5.85. The molecule has 0 aromatic heterocycles. The van der Waals surface area contributed by atoms with Crippen molar-refractivity contribution in [3.8, 4) is 0 Å². The van der Waals surface area contributed by atoms with Crippen LogP contribution in [-0.4, -0.2) is 49.2 Å². The number of nitrogens with zero attached hydrogens (tertiary/aromatic N) is 1. The van der Waals surface area contributed by atoms with Crippen molar-refractivity contribution in [1.29, 1.82) is 0 Å². The van der Waals surface area contributed by atoms with Crippen molar-refractivity contribution in [2.75, 3.05) is 20.8 Å². The van der Waals surface area contributed by atoms with Crippen LogP contribution in [0, 0.1) is 0 Å². The molecule has 114 valence electrons. The van der Waals surface area contributed by atoms with Crippen LogP contribution in [0.3, 0.4) is 0 Å². The molecule has 2 N–H and O–H groups in total. The van der Waals surface area contributed by atoms with E-state index in [1.54, 1.807) is 0 Å². The summed E-state index contributed by atoms with van der Waals surface area (Å²) in [6, 6.07) is 9.15. The Labute approximate surface area is 123 Å². The lowest BCUT2D eigenvalue weighted by atomic mass is 9.97. The summed E-state index contributed by atoms with van der Waals surface area (Å²) in [5.41, 5.74) is 5.98. The molecule has 1 heterocycles. The summed E-state index contributed by atoms with van der Waals surface area (Å²) in [6.07, 6.45) is 0.194. The molecule has 21 heavy (non-hydrogen) atoms. The Hall–Kier alpha value is -1.92. The largest absolute Gasteiger partial charge is 0.468 e. The fourth-order valence-corrected chi connectivity index (χ4v) is 2.71. The van der Waals surface area contributed by atoms with E-state index in [9.17, 15) is 9.59 Å². The number of carbonyl (C=O) groups excluding carboxylic acids is 2. The molecule has 2 unspecified atom stereocenters.